The first-order chi connectivity index (χ1) is 17.9. The standard InChI is InChI=1S/C25H36O4S4Te4/c26-17(9-34-13-21-5-30-21)1-25(2-18(27)10-35-14-22-6-31-22,3-19(28)11-36-15-23-7-32-23)4-20(29)12-37-16-24-8-33-24/h21-24H,1-16H2. The molecule has 0 aromatic carbocycles. The molecule has 0 amide bonds. The van der Waals surface area contributed by atoms with Gasteiger partial charge in [-0.1, -0.05) is 0 Å². The van der Waals surface area contributed by atoms with Gasteiger partial charge in [0, 0.05) is 0 Å². The van der Waals surface area contributed by atoms with Gasteiger partial charge in [-0.15, -0.1) is 0 Å². The van der Waals surface area contributed by atoms with Crippen LogP contribution in [0.4, 0.5) is 0 Å². The first-order valence-corrected chi connectivity index (χ1v) is 30.1. The minimum atomic E-state index is -0.729. The van der Waals surface area contributed by atoms with Gasteiger partial charge in [0.1, 0.15) is 0 Å². The molecule has 4 aliphatic heterocycles. The number of hydrogen-bond acceptors (Lipinski definition) is 8. The Morgan fingerprint density at radius 2 is 0.703 bits per heavy atom. The summed E-state index contributed by atoms with van der Waals surface area (Å²) in [6.45, 7) is 0. The molecule has 4 atom stereocenters. The minimum absolute atomic E-state index is 0.226. The van der Waals surface area contributed by atoms with Crippen molar-refractivity contribution in [3.63, 3.8) is 0 Å². The predicted octanol–water partition coefficient (Wildman–Crippen LogP) is 4.43. The van der Waals surface area contributed by atoms with E-state index in [1.165, 1.54) is 40.9 Å². The third-order valence-electron chi connectivity index (χ3n) is 6.17. The average molecular weight is 1040 g/mol. The quantitative estimate of drug-likeness (QED) is 0.104. The number of carbonyl (C=O) groups is 4. The molecule has 0 radical (unpaired) electrons. The second-order valence-corrected chi connectivity index (χ2v) is 27.3. The molecule has 0 bridgehead atoms. The van der Waals surface area contributed by atoms with E-state index in [-0.39, 0.29) is 133 Å². The van der Waals surface area contributed by atoms with Crippen LogP contribution >= 0.6 is 47.0 Å². The summed E-state index contributed by atoms with van der Waals surface area (Å²) in [4.78, 5) is 53.0. The van der Waals surface area contributed by atoms with Crippen LogP contribution in [0.2, 0.25) is 35.8 Å². The van der Waals surface area contributed by atoms with Gasteiger partial charge in [0.15, 0.2) is 0 Å². The van der Waals surface area contributed by atoms with Crippen LogP contribution in [-0.2, 0) is 19.2 Å². The molecule has 4 unspecified atom stereocenters. The van der Waals surface area contributed by atoms with Crippen LogP contribution in [0.15, 0.2) is 0 Å². The van der Waals surface area contributed by atoms with Crippen molar-refractivity contribution in [1.82, 2.24) is 0 Å². The summed E-state index contributed by atoms with van der Waals surface area (Å²) in [7, 11) is 0. The summed E-state index contributed by atoms with van der Waals surface area (Å²) < 4.78 is 7.49. The number of carbonyl (C=O) groups excluding carboxylic acids is 4. The van der Waals surface area contributed by atoms with Gasteiger partial charge in [-0.3, -0.25) is 0 Å². The van der Waals surface area contributed by atoms with E-state index in [1.54, 1.807) is 0 Å². The average Bonchev–Trinajstić information content (AvgIpc) is 3.66. The van der Waals surface area contributed by atoms with Crippen molar-refractivity contribution in [2.75, 3.05) is 23.0 Å². The Morgan fingerprint density at radius 1 is 0.486 bits per heavy atom. The maximum absolute atomic E-state index is 13.2. The van der Waals surface area contributed by atoms with Crippen LogP contribution in [-0.4, -0.2) is 151 Å². The second kappa shape index (κ2) is 17.5. The molecule has 4 saturated heterocycles. The Labute approximate surface area is 279 Å². The second-order valence-electron chi connectivity index (χ2n) is 10.2. The Balaban J connectivity index is 1.37. The van der Waals surface area contributed by atoms with Crippen molar-refractivity contribution < 1.29 is 19.2 Å². The van der Waals surface area contributed by atoms with E-state index in [4.69, 9.17) is 0 Å². The summed E-state index contributed by atoms with van der Waals surface area (Å²) in [5, 5.41) is 3.12. The van der Waals surface area contributed by atoms with Crippen LogP contribution in [0.5, 0.6) is 0 Å². The van der Waals surface area contributed by atoms with Gasteiger partial charge in [0.2, 0.25) is 0 Å². The Hall–Kier alpha value is 3.24. The molecule has 4 rings (SSSR count). The summed E-state index contributed by atoms with van der Waals surface area (Å²) >= 11 is 6.59. The van der Waals surface area contributed by atoms with Gasteiger partial charge in [-0.25, -0.2) is 0 Å². The number of hydrogen-bond donors (Lipinski definition) is 0. The van der Waals surface area contributed by atoms with Gasteiger partial charge >= 0.3 is 284 Å². The molecule has 37 heavy (non-hydrogen) atoms. The van der Waals surface area contributed by atoms with E-state index in [9.17, 15) is 19.2 Å². The molecule has 0 spiro atoms. The first-order valence-electron chi connectivity index (χ1n) is 12.7. The zero-order valence-corrected chi connectivity index (χ0v) is 33.6. The van der Waals surface area contributed by atoms with Crippen molar-refractivity contribution in [1.29, 1.82) is 0 Å². The number of ketones is 4. The monoisotopic (exact) mass is 1050 g/mol. The molecule has 4 fully saturated rings. The van der Waals surface area contributed by atoms with E-state index >= 15 is 0 Å². The zero-order chi connectivity index (χ0) is 26.1. The molecule has 12 heteroatoms. The molecule has 0 aromatic rings. The first kappa shape index (κ1) is 33.1. The normalized spacial score (nSPS) is 26.8. The Kier molecular flexibility index (Phi) is 15.7. The van der Waals surface area contributed by atoms with Gasteiger partial charge in [-0.2, -0.15) is 0 Å². The van der Waals surface area contributed by atoms with Gasteiger partial charge in [0.25, 0.3) is 0 Å². The van der Waals surface area contributed by atoms with Gasteiger partial charge in [0.05, 0.1) is 0 Å². The molecular formula is C25H36O4S4Te4. The van der Waals surface area contributed by atoms with Crippen LogP contribution in [0.3, 0.4) is 0 Å². The van der Waals surface area contributed by atoms with E-state index < -0.39 is 5.41 Å². The van der Waals surface area contributed by atoms with Crippen LogP contribution in [0.1, 0.15) is 25.7 Å². The van der Waals surface area contributed by atoms with E-state index in [2.05, 4.69) is 0 Å². The van der Waals surface area contributed by atoms with Crippen LogP contribution < -0.4 is 0 Å². The molecule has 0 aromatic heterocycles. The third-order valence-corrected chi connectivity index (χ3v) is 26.0. The molecule has 208 valence electrons. The van der Waals surface area contributed by atoms with Crippen molar-refractivity contribution in [2.45, 2.75) is 82.4 Å². The summed E-state index contributed by atoms with van der Waals surface area (Å²) in [6.07, 6.45) is 1.15. The molecule has 4 nitrogen and oxygen atoms in total. The predicted molar refractivity (Wildman–Crippen MR) is 167 cm³/mol. The number of Topliss-reactive ketones (excluding diaryl/α,β-unsaturated/α-hetero) is 4. The topological polar surface area (TPSA) is 68.3 Å². The van der Waals surface area contributed by atoms with Gasteiger partial charge < -0.3 is 0 Å². The summed E-state index contributed by atoms with van der Waals surface area (Å²) in [5.74, 6) is 5.89. The molecule has 0 aliphatic carbocycles. The zero-order valence-electron chi connectivity index (χ0n) is 21.0. The van der Waals surface area contributed by atoms with Crippen LogP contribution in [0.25, 0.3) is 0 Å². The van der Waals surface area contributed by atoms with Crippen molar-refractivity contribution in [2.24, 2.45) is 5.41 Å². The summed E-state index contributed by atoms with van der Waals surface area (Å²) in [6, 6.07) is 0. The third kappa shape index (κ3) is 15.5. The fraction of sp³-hybridized carbons (Fsp3) is 0.840. The van der Waals surface area contributed by atoms with Crippen LogP contribution in [0, 0.1) is 5.41 Å². The number of thioether (sulfide) groups is 4. The number of rotatable bonds is 24. The van der Waals surface area contributed by atoms with Crippen molar-refractivity contribution >= 4 is 154 Å². The fourth-order valence-corrected chi connectivity index (χ4v) is 22.7. The maximum atomic E-state index is 13.2. The molecule has 4 aliphatic rings. The molecule has 4 heterocycles. The van der Waals surface area contributed by atoms with E-state index in [1.807, 2.05) is 47.0 Å². The summed E-state index contributed by atoms with van der Waals surface area (Å²) in [5.41, 5.74) is -0.729. The fourth-order valence-electron chi connectivity index (χ4n) is 4.13. The van der Waals surface area contributed by atoms with Gasteiger partial charge in [-0.05, 0) is 0 Å². The SMILES string of the molecule is O=C(C[Te]CC1CS1)CC(CC(=O)C[Te]CC1CS1)(CC(=O)C[Te]CC1CS1)CC(=O)C[Te]CC1CS1. The van der Waals surface area contributed by atoms with Crippen molar-refractivity contribution in [3.05, 3.63) is 0 Å². The molecule has 0 N–H and O–H groups in total. The Morgan fingerprint density at radius 3 is 0.892 bits per heavy atom. The molecular weight excluding hydrogens is 1000 g/mol. The molecule has 0 saturated carbocycles. The Bertz CT molecular complexity index is 683. The van der Waals surface area contributed by atoms with Crippen molar-refractivity contribution in [3.8, 4) is 0 Å². The van der Waals surface area contributed by atoms with E-state index in [0.29, 0.717) is 17.9 Å². The van der Waals surface area contributed by atoms with E-state index in [0.717, 1.165) is 21.0 Å².